The number of allylic oxidation sites excluding steroid dienone is 2. The summed E-state index contributed by atoms with van der Waals surface area (Å²) in [6.45, 7) is 3.74. The van der Waals surface area contributed by atoms with Gasteiger partial charge >= 0.3 is 0 Å². The second-order valence-electron chi connectivity index (χ2n) is 9.41. The molecule has 198 valence electrons. The van der Waals surface area contributed by atoms with Crippen molar-refractivity contribution in [3.63, 3.8) is 0 Å². The van der Waals surface area contributed by atoms with E-state index in [4.69, 9.17) is 24.7 Å². The van der Waals surface area contributed by atoms with Gasteiger partial charge in [-0.05, 0) is 89.6 Å². The van der Waals surface area contributed by atoms with Crippen molar-refractivity contribution >= 4 is 23.1 Å². The standard InChI is InChI=1S/C31H32FNO5/c1-18-21(12-20-13-26(36-4)29(38-6)27(14-20)37-5)22-16-25(35-3)24(32)15-23(22)28(18)31(2,30(33)34)17-19-10-8-7-9-11-19/h7-16H,17H2,1-6H3,(H2,33,34). The lowest BCUT2D eigenvalue weighted by atomic mass is 9.73. The van der Waals surface area contributed by atoms with Crippen LogP contribution in [0.3, 0.4) is 0 Å². The zero-order valence-corrected chi connectivity index (χ0v) is 22.5. The number of ether oxygens (including phenoxy) is 4. The maximum absolute atomic E-state index is 15.1. The van der Waals surface area contributed by atoms with Crippen LogP contribution < -0.4 is 24.7 Å². The average Bonchev–Trinajstić information content (AvgIpc) is 3.17. The second kappa shape index (κ2) is 10.6. The van der Waals surface area contributed by atoms with E-state index in [1.807, 2.05) is 62.4 Å². The minimum absolute atomic E-state index is 0.109. The van der Waals surface area contributed by atoms with Crippen LogP contribution in [0, 0.1) is 11.2 Å². The molecule has 1 amide bonds. The summed E-state index contributed by atoms with van der Waals surface area (Å²) < 4.78 is 36.9. The van der Waals surface area contributed by atoms with Gasteiger partial charge < -0.3 is 24.7 Å². The molecule has 1 atom stereocenters. The van der Waals surface area contributed by atoms with Crippen LogP contribution in [0.5, 0.6) is 23.0 Å². The molecule has 0 saturated heterocycles. The first-order valence-corrected chi connectivity index (χ1v) is 12.1. The predicted molar refractivity (Wildman–Crippen MR) is 147 cm³/mol. The number of carbonyl (C=O) groups excluding carboxylic acids is 1. The Morgan fingerprint density at radius 2 is 1.50 bits per heavy atom. The molecule has 0 spiro atoms. The van der Waals surface area contributed by atoms with Crippen LogP contribution >= 0.6 is 0 Å². The van der Waals surface area contributed by atoms with Crippen molar-refractivity contribution in [3.05, 3.63) is 88.2 Å². The van der Waals surface area contributed by atoms with E-state index >= 15 is 4.39 Å². The van der Waals surface area contributed by atoms with Gasteiger partial charge in [0.15, 0.2) is 23.1 Å². The van der Waals surface area contributed by atoms with Crippen molar-refractivity contribution in [1.82, 2.24) is 0 Å². The minimum atomic E-state index is -1.11. The summed E-state index contributed by atoms with van der Waals surface area (Å²) >= 11 is 0. The molecule has 0 aromatic heterocycles. The Bertz CT molecular complexity index is 1420. The molecule has 3 aromatic carbocycles. The molecule has 0 saturated carbocycles. The highest BCUT2D eigenvalue weighted by Gasteiger charge is 2.42. The molecular weight excluding hydrogens is 485 g/mol. The van der Waals surface area contributed by atoms with E-state index in [2.05, 4.69) is 0 Å². The van der Waals surface area contributed by atoms with E-state index in [0.29, 0.717) is 34.8 Å². The average molecular weight is 518 g/mol. The highest BCUT2D eigenvalue weighted by Crippen LogP contribution is 2.52. The van der Waals surface area contributed by atoms with Gasteiger partial charge in [-0.15, -0.1) is 0 Å². The Morgan fingerprint density at radius 3 is 2.03 bits per heavy atom. The Kier molecular flexibility index (Phi) is 7.49. The Hall–Kier alpha value is -4.26. The Labute approximate surface area is 222 Å². The minimum Gasteiger partial charge on any atom is -0.494 e. The molecule has 1 aliphatic rings. The van der Waals surface area contributed by atoms with Gasteiger partial charge in [0.2, 0.25) is 11.7 Å². The molecule has 1 unspecified atom stereocenters. The lowest BCUT2D eigenvalue weighted by molar-refractivity contribution is -0.124. The SMILES string of the molecule is COc1cc2c(cc1F)C(C(C)(Cc1ccccc1)C(N)=O)=C(C)C2=Cc1cc(OC)c(OC)c(OC)c1. The van der Waals surface area contributed by atoms with Crippen LogP contribution in [0.2, 0.25) is 0 Å². The van der Waals surface area contributed by atoms with Gasteiger partial charge in [0.1, 0.15) is 0 Å². The highest BCUT2D eigenvalue weighted by atomic mass is 19.1. The first-order chi connectivity index (χ1) is 18.2. The number of hydrogen-bond acceptors (Lipinski definition) is 5. The highest BCUT2D eigenvalue weighted by molar-refractivity contribution is 6.11. The fourth-order valence-corrected chi connectivity index (χ4v) is 5.23. The fourth-order valence-electron chi connectivity index (χ4n) is 5.23. The van der Waals surface area contributed by atoms with Gasteiger partial charge in [0, 0.05) is 0 Å². The van der Waals surface area contributed by atoms with Gasteiger partial charge in [-0.3, -0.25) is 4.79 Å². The third-order valence-corrected chi connectivity index (χ3v) is 7.12. The number of hydrogen-bond donors (Lipinski definition) is 1. The Balaban J connectivity index is 1.99. The van der Waals surface area contributed by atoms with Crippen molar-refractivity contribution in [2.24, 2.45) is 11.1 Å². The van der Waals surface area contributed by atoms with E-state index < -0.39 is 17.1 Å². The van der Waals surface area contributed by atoms with Crippen LogP contribution in [0.25, 0.3) is 17.2 Å². The molecule has 6 nitrogen and oxygen atoms in total. The molecule has 0 bridgehead atoms. The topological polar surface area (TPSA) is 80.0 Å². The summed E-state index contributed by atoms with van der Waals surface area (Å²) in [5.41, 5.74) is 10.3. The van der Waals surface area contributed by atoms with E-state index in [0.717, 1.165) is 27.8 Å². The number of primary amides is 1. The molecular formula is C31H32FNO5. The summed E-state index contributed by atoms with van der Waals surface area (Å²) in [6, 6.07) is 16.4. The number of methoxy groups -OCH3 is 4. The molecule has 3 aromatic rings. The molecule has 0 aliphatic heterocycles. The number of amides is 1. The predicted octanol–water partition coefficient (Wildman–Crippen LogP) is 5.92. The van der Waals surface area contributed by atoms with Crippen LogP contribution in [0.1, 0.15) is 36.1 Å². The van der Waals surface area contributed by atoms with Crippen LogP contribution in [0.4, 0.5) is 4.39 Å². The molecule has 0 fully saturated rings. The van der Waals surface area contributed by atoms with E-state index in [1.165, 1.54) is 13.2 Å². The monoisotopic (exact) mass is 517 g/mol. The van der Waals surface area contributed by atoms with Gasteiger partial charge in [-0.25, -0.2) is 4.39 Å². The quantitative estimate of drug-likeness (QED) is 0.381. The summed E-state index contributed by atoms with van der Waals surface area (Å²) in [4.78, 5) is 13.1. The molecule has 7 heteroatoms. The third kappa shape index (κ3) is 4.60. The Morgan fingerprint density at radius 1 is 0.895 bits per heavy atom. The zero-order chi connectivity index (χ0) is 27.6. The fraction of sp³-hybridized carbons (Fsp3) is 0.258. The summed E-state index contributed by atoms with van der Waals surface area (Å²) in [7, 11) is 6.07. The van der Waals surface area contributed by atoms with Crippen molar-refractivity contribution in [1.29, 1.82) is 0 Å². The molecule has 1 aliphatic carbocycles. The van der Waals surface area contributed by atoms with Gasteiger partial charge in [-0.2, -0.15) is 0 Å². The van der Waals surface area contributed by atoms with Gasteiger partial charge in [-0.1, -0.05) is 30.3 Å². The van der Waals surface area contributed by atoms with E-state index in [1.54, 1.807) is 27.4 Å². The lowest BCUT2D eigenvalue weighted by Crippen LogP contribution is -2.37. The second-order valence-corrected chi connectivity index (χ2v) is 9.41. The molecule has 2 N–H and O–H groups in total. The van der Waals surface area contributed by atoms with E-state index in [9.17, 15) is 4.79 Å². The van der Waals surface area contributed by atoms with Crippen molar-refractivity contribution in [3.8, 4) is 23.0 Å². The van der Waals surface area contributed by atoms with Crippen molar-refractivity contribution in [2.45, 2.75) is 20.3 Å². The molecule has 4 rings (SSSR count). The van der Waals surface area contributed by atoms with Crippen LogP contribution in [0.15, 0.2) is 60.2 Å². The van der Waals surface area contributed by atoms with Gasteiger partial charge in [0.05, 0.1) is 33.9 Å². The lowest BCUT2D eigenvalue weighted by Gasteiger charge is -2.30. The first kappa shape index (κ1) is 26.8. The molecule has 0 heterocycles. The number of halogens is 1. The van der Waals surface area contributed by atoms with Gasteiger partial charge in [0.25, 0.3) is 0 Å². The smallest absolute Gasteiger partial charge is 0.228 e. The summed E-state index contributed by atoms with van der Waals surface area (Å²) in [5.74, 6) is 0.578. The number of benzene rings is 3. The third-order valence-electron chi connectivity index (χ3n) is 7.12. The van der Waals surface area contributed by atoms with Crippen LogP contribution in [-0.2, 0) is 11.2 Å². The van der Waals surface area contributed by atoms with E-state index in [-0.39, 0.29) is 5.75 Å². The van der Waals surface area contributed by atoms with Crippen LogP contribution in [-0.4, -0.2) is 34.3 Å². The van der Waals surface area contributed by atoms with Crippen molar-refractivity contribution in [2.75, 3.05) is 28.4 Å². The maximum atomic E-state index is 15.1. The summed E-state index contributed by atoms with van der Waals surface area (Å²) in [6.07, 6.45) is 2.31. The largest absolute Gasteiger partial charge is 0.494 e. The molecule has 38 heavy (non-hydrogen) atoms. The zero-order valence-electron chi connectivity index (χ0n) is 22.5. The first-order valence-electron chi connectivity index (χ1n) is 12.1. The number of fused-ring (bicyclic) bond motifs is 1. The molecule has 0 radical (unpaired) electrons. The number of carbonyl (C=O) groups is 1. The summed E-state index contributed by atoms with van der Waals surface area (Å²) in [5, 5.41) is 0. The number of rotatable bonds is 9. The van der Waals surface area contributed by atoms with Crippen molar-refractivity contribution < 1.29 is 28.1 Å². The number of nitrogens with two attached hydrogens (primary N) is 1. The normalized spacial score (nSPS) is 15.2. The maximum Gasteiger partial charge on any atom is 0.228 e.